The second-order valence-electron chi connectivity index (χ2n) is 6.09. The van der Waals surface area contributed by atoms with Gasteiger partial charge in [0.1, 0.15) is 11.7 Å². The smallest absolute Gasteiger partial charge is 0.410 e. The number of ether oxygens (including phenoxy) is 1. The van der Waals surface area contributed by atoms with Crippen molar-refractivity contribution >= 4 is 12.0 Å². The number of likely N-dealkylation sites (tertiary alicyclic amines) is 1. The SMILES string of the molecule is CC(C)(C)OC(=O)N1CCCC(NCC(O)C(N)=O)C1. The van der Waals surface area contributed by atoms with Gasteiger partial charge in [0.05, 0.1) is 0 Å². The van der Waals surface area contributed by atoms with Crippen LogP contribution >= 0.6 is 0 Å². The van der Waals surface area contributed by atoms with Gasteiger partial charge in [0.2, 0.25) is 5.91 Å². The first-order valence-corrected chi connectivity index (χ1v) is 6.88. The van der Waals surface area contributed by atoms with E-state index < -0.39 is 17.6 Å². The summed E-state index contributed by atoms with van der Waals surface area (Å²) < 4.78 is 5.33. The van der Waals surface area contributed by atoms with Gasteiger partial charge in [-0.1, -0.05) is 0 Å². The molecule has 2 atom stereocenters. The van der Waals surface area contributed by atoms with Crippen LogP contribution < -0.4 is 11.1 Å². The molecule has 0 aromatic carbocycles. The molecule has 4 N–H and O–H groups in total. The van der Waals surface area contributed by atoms with E-state index in [1.165, 1.54) is 0 Å². The summed E-state index contributed by atoms with van der Waals surface area (Å²) >= 11 is 0. The highest BCUT2D eigenvalue weighted by atomic mass is 16.6. The maximum Gasteiger partial charge on any atom is 0.410 e. The first-order chi connectivity index (χ1) is 9.19. The summed E-state index contributed by atoms with van der Waals surface area (Å²) in [5.41, 5.74) is 4.47. The van der Waals surface area contributed by atoms with E-state index in [4.69, 9.17) is 10.5 Å². The topological polar surface area (TPSA) is 105 Å². The van der Waals surface area contributed by atoms with Crippen molar-refractivity contribution in [2.45, 2.75) is 51.4 Å². The predicted octanol–water partition coefficient (Wildman–Crippen LogP) is -0.178. The number of aliphatic hydroxyl groups excluding tert-OH is 1. The van der Waals surface area contributed by atoms with Crippen LogP contribution in [0.15, 0.2) is 0 Å². The number of nitrogens with zero attached hydrogens (tertiary/aromatic N) is 1. The fraction of sp³-hybridized carbons (Fsp3) is 0.846. The average Bonchev–Trinajstić information content (AvgIpc) is 2.34. The summed E-state index contributed by atoms with van der Waals surface area (Å²) in [7, 11) is 0. The molecule has 1 fully saturated rings. The second kappa shape index (κ2) is 6.90. The monoisotopic (exact) mass is 287 g/mol. The Kier molecular flexibility index (Phi) is 5.76. The summed E-state index contributed by atoms with van der Waals surface area (Å²) in [6.07, 6.45) is 0.195. The number of nitrogens with one attached hydrogen (secondary N) is 1. The Balaban J connectivity index is 2.42. The molecule has 1 aliphatic rings. The number of carbonyl (C=O) groups is 2. The van der Waals surface area contributed by atoms with Crippen molar-refractivity contribution in [2.75, 3.05) is 19.6 Å². The van der Waals surface area contributed by atoms with E-state index in [0.29, 0.717) is 13.1 Å². The molecule has 7 nitrogen and oxygen atoms in total. The van der Waals surface area contributed by atoms with Gasteiger partial charge in [-0.25, -0.2) is 4.79 Å². The maximum atomic E-state index is 12.0. The highest BCUT2D eigenvalue weighted by Gasteiger charge is 2.27. The van der Waals surface area contributed by atoms with Crippen molar-refractivity contribution in [1.29, 1.82) is 0 Å². The molecule has 20 heavy (non-hydrogen) atoms. The minimum atomic E-state index is -1.20. The van der Waals surface area contributed by atoms with Crippen LogP contribution in [0.25, 0.3) is 0 Å². The van der Waals surface area contributed by atoms with Crippen molar-refractivity contribution in [3.63, 3.8) is 0 Å². The molecule has 0 aromatic rings. The second-order valence-corrected chi connectivity index (χ2v) is 6.09. The zero-order valence-electron chi connectivity index (χ0n) is 12.4. The number of nitrogens with two attached hydrogens (primary N) is 1. The number of rotatable bonds is 4. The van der Waals surface area contributed by atoms with E-state index in [2.05, 4.69) is 5.32 Å². The third kappa shape index (κ3) is 5.75. The molecule has 0 aromatic heterocycles. The number of primary amides is 1. The van der Waals surface area contributed by atoms with Gasteiger partial charge in [0.15, 0.2) is 0 Å². The van der Waals surface area contributed by atoms with Gasteiger partial charge in [0.25, 0.3) is 0 Å². The van der Waals surface area contributed by atoms with Crippen LogP contribution in [-0.4, -0.2) is 59.4 Å². The van der Waals surface area contributed by atoms with Crippen molar-refractivity contribution in [1.82, 2.24) is 10.2 Å². The van der Waals surface area contributed by atoms with Crippen molar-refractivity contribution in [2.24, 2.45) is 5.73 Å². The Labute approximate surface area is 119 Å². The Hall–Kier alpha value is -1.34. The number of hydrogen-bond donors (Lipinski definition) is 3. The van der Waals surface area contributed by atoms with Gasteiger partial charge >= 0.3 is 6.09 Å². The molecule has 116 valence electrons. The molecule has 0 aliphatic carbocycles. The van der Waals surface area contributed by atoms with Crippen LogP contribution in [0.3, 0.4) is 0 Å². The molecule has 1 aliphatic heterocycles. The summed E-state index contributed by atoms with van der Waals surface area (Å²) in [6, 6.07) is 0.0327. The third-order valence-corrected chi connectivity index (χ3v) is 3.00. The van der Waals surface area contributed by atoms with Crippen LogP contribution in [-0.2, 0) is 9.53 Å². The van der Waals surface area contributed by atoms with E-state index in [0.717, 1.165) is 12.8 Å². The molecule has 0 bridgehead atoms. The molecule has 0 saturated carbocycles. The zero-order chi connectivity index (χ0) is 15.3. The van der Waals surface area contributed by atoms with Crippen LogP contribution in [0.1, 0.15) is 33.6 Å². The van der Waals surface area contributed by atoms with Crippen LogP contribution in [0, 0.1) is 0 Å². The summed E-state index contributed by atoms with van der Waals surface area (Å²) in [5.74, 6) is -0.752. The van der Waals surface area contributed by atoms with Gasteiger partial charge in [0, 0.05) is 25.7 Å². The predicted molar refractivity (Wildman–Crippen MR) is 74.0 cm³/mol. The Morgan fingerprint density at radius 1 is 1.50 bits per heavy atom. The lowest BCUT2D eigenvalue weighted by atomic mass is 10.1. The maximum absolute atomic E-state index is 12.0. The van der Waals surface area contributed by atoms with Gasteiger partial charge < -0.3 is 25.8 Å². The molecule has 0 spiro atoms. The quantitative estimate of drug-likeness (QED) is 0.665. The molecule has 2 unspecified atom stereocenters. The van der Waals surface area contributed by atoms with E-state index >= 15 is 0 Å². The highest BCUT2D eigenvalue weighted by Crippen LogP contribution is 2.15. The number of amides is 2. The van der Waals surface area contributed by atoms with Gasteiger partial charge in [-0.2, -0.15) is 0 Å². The van der Waals surface area contributed by atoms with E-state index in [1.807, 2.05) is 20.8 Å². The number of hydrogen-bond acceptors (Lipinski definition) is 5. The number of aliphatic hydroxyl groups is 1. The Morgan fingerprint density at radius 3 is 2.70 bits per heavy atom. The van der Waals surface area contributed by atoms with Gasteiger partial charge in [-0.3, -0.25) is 4.79 Å². The molecule has 1 rings (SSSR count). The van der Waals surface area contributed by atoms with E-state index in [1.54, 1.807) is 4.90 Å². The van der Waals surface area contributed by atoms with Gasteiger partial charge in [-0.05, 0) is 33.6 Å². The lowest BCUT2D eigenvalue weighted by Gasteiger charge is -2.34. The summed E-state index contributed by atoms with van der Waals surface area (Å²) in [6.45, 7) is 6.74. The first-order valence-electron chi connectivity index (χ1n) is 6.88. The standard InChI is InChI=1S/C13H25N3O4/c1-13(2,3)20-12(19)16-6-4-5-9(8-16)15-7-10(17)11(14)18/h9-10,15,17H,4-8H2,1-3H3,(H2,14,18). The lowest BCUT2D eigenvalue weighted by molar-refractivity contribution is -0.125. The van der Waals surface area contributed by atoms with Gasteiger partial charge in [-0.15, -0.1) is 0 Å². The Morgan fingerprint density at radius 2 is 2.15 bits per heavy atom. The first kappa shape index (κ1) is 16.7. The molecular weight excluding hydrogens is 262 g/mol. The van der Waals surface area contributed by atoms with Crippen molar-refractivity contribution in [3.8, 4) is 0 Å². The zero-order valence-corrected chi connectivity index (χ0v) is 12.4. The molecule has 7 heteroatoms. The van der Waals surface area contributed by atoms with Crippen LogP contribution in [0.5, 0.6) is 0 Å². The minimum absolute atomic E-state index is 0.0327. The van der Waals surface area contributed by atoms with Crippen molar-refractivity contribution in [3.05, 3.63) is 0 Å². The molecule has 1 heterocycles. The minimum Gasteiger partial charge on any atom is -0.444 e. The molecule has 2 amide bonds. The molecule has 0 radical (unpaired) electrons. The molecular formula is C13H25N3O4. The number of carbonyl (C=O) groups excluding carboxylic acids is 2. The fourth-order valence-corrected chi connectivity index (χ4v) is 2.01. The number of piperidine rings is 1. The third-order valence-electron chi connectivity index (χ3n) is 3.00. The van der Waals surface area contributed by atoms with Crippen LogP contribution in [0.2, 0.25) is 0 Å². The lowest BCUT2D eigenvalue weighted by Crippen LogP contribution is -2.51. The van der Waals surface area contributed by atoms with E-state index in [9.17, 15) is 14.7 Å². The fourth-order valence-electron chi connectivity index (χ4n) is 2.01. The summed E-state index contributed by atoms with van der Waals surface area (Å²) in [4.78, 5) is 24.3. The van der Waals surface area contributed by atoms with Crippen molar-refractivity contribution < 1.29 is 19.4 Å². The Bertz CT molecular complexity index is 354. The summed E-state index contributed by atoms with van der Waals surface area (Å²) in [5, 5.41) is 12.4. The highest BCUT2D eigenvalue weighted by molar-refractivity contribution is 5.78. The van der Waals surface area contributed by atoms with E-state index in [-0.39, 0.29) is 18.7 Å². The largest absolute Gasteiger partial charge is 0.444 e. The average molecular weight is 287 g/mol. The molecule has 1 saturated heterocycles. The van der Waals surface area contributed by atoms with Crippen LogP contribution in [0.4, 0.5) is 4.79 Å². The normalized spacial score (nSPS) is 21.4.